The lowest BCUT2D eigenvalue weighted by atomic mass is 9.82. The van der Waals surface area contributed by atoms with Crippen molar-refractivity contribution in [1.29, 1.82) is 0 Å². The van der Waals surface area contributed by atoms with Gasteiger partial charge in [0.15, 0.2) is 11.6 Å². The van der Waals surface area contributed by atoms with Gasteiger partial charge in [-0.15, -0.1) is 10.2 Å². The smallest absolute Gasteiger partial charge is 0.308 e. The van der Waals surface area contributed by atoms with Crippen molar-refractivity contribution >= 4 is 11.9 Å². The minimum atomic E-state index is -0.472. The van der Waals surface area contributed by atoms with Gasteiger partial charge in [0.25, 0.3) is 5.91 Å². The summed E-state index contributed by atoms with van der Waals surface area (Å²) in [4.78, 5) is 35.4. The molecule has 0 unspecified atom stereocenters. The summed E-state index contributed by atoms with van der Waals surface area (Å²) in [6.45, 7) is 5.11. The standard InChI is InChI=1S/C29H38FN7O4/c1-4-5-6-7-14-41-29(39)22-11-8-20(9-12-22)18-37-35-27(34-36-37)24-16-25(33-19(2)32-24)28(38)31-17-21-10-13-23(30)26(15-21)40-3/h10,13,15-16,20,22H,4-9,11-12,14,17-18H2,1-3H3,(H,31,38). The van der Waals surface area contributed by atoms with Gasteiger partial charge in [0, 0.05) is 6.54 Å². The SMILES string of the molecule is CCCCCCOC(=O)C1CCC(Cn2nnc(-c3cc(C(=O)NCc4ccc(F)c(OC)c4)nc(C)n3)n2)CC1. The third-order valence-electron chi connectivity index (χ3n) is 7.26. The molecule has 2 aromatic heterocycles. The number of nitrogens with zero attached hydrogens (tertiary/aromatic N) is 6. The van der Waals surface area contributed by atoms with E-state index in [9.17, 15) is 14.0 Å². The number of aromatic nitrogens is 6. The number of methoxy groups -OCH3 is 1. The fourth-order valence-electron chi connectivity index (χ4n) is 4.94. The Hall–Kier alpha value is -3.96. The summed E-state index contributed by atoms with van der Waals surface area (Å²) in [7, 11) is 1.39. The first-order valence-electron chi connectivity index (χ1n) is 14.3. The minimum Gasteiger partial charge on any atom is -0.494 e. The lowest BCUT2D eigenvalue weighted by Gasteiger charge is -2.26. The molecular formula is C29H38FN7O4. The van der Waals surface area contributed by atoms with E-state index in [2.05, 4.69) is 37.6 Å². The van der Waals surface area contributed by atoms with E-state index in [0.717, 1.165) is 44.9 Å². The summed E-state index contributed by atoms with van der Waals surface area (Å²) >= 11 is 0. The van der Waals surface area contributed by atoms with Gasteiger partial charge < -0.3 is 14.8 Å². The average molecular weight is 568 g/mol. The van der Waals surface area contributed by atoms with Gasteiger partial charge in [-0.1, -0.05) is 32.3 Å². The molecule has 0 spiro atoms. The zero-order valence-electron chi connectivity index (χ0n) is 23.9. The van der Waals surface area contributed by atoms with Gasteiger partial charge in [-0.05, 0) is 73.9 Å². The summed E-state index contributed by atoms with van der Waals surface area (Å²) in [5, 5.41) is 15.6. The Bertz CT molecular complexity index is 1320. The highest BCUT2D eigenvalue weighted by Crippen LogP contribution is 2.30. The molecule has 3 aromatic rings. The van der Waals surface area contributed by atoms with Crippen molar-refractivity contribution in [3.05, 3.63) is 47.2 Å². The third-order valence-corrected chi connectivity index (χ3v) is 7.26. The Morgan fingerprint density at radius 2 is 1.90 bits per heavy atom. The van der Waals surface area contributed by atoms with Crippen molar-refractivity contribution in [2.75, 3.05) is 13.7 Å². The molecule has 0 bridgehead atoms. The van der Waals surface area contributed by atoms with E-state index in [0.29, 0.717) is 42.0 Å². The van der Waals surface area contributed by atoms with Gasteiger partial charge in [-0.2, -0.15) is 4.80 Å². The number of unbranched alkanes of at least 4 members (excludes halogenated alkanes) is 3. The summed E-state index contributed by atoms with van der Waals surface area (Å²) in [6.07, 6.45) is 7.74. The number of ether oxygens (including phenoxy) is 2. The highest BCUT2D eigenvalue weighted by atomic mass is 19.1. The van der Waals surface area contributed by atoms with Crippen LogP contribution in [0.5, 0.6) is 5.75 Å². The Kier molecular flexibility index (Phi) is 10.7. The Labute approximate surface area is 239 Å². The third kappa shape index (κ3) is 8.51. The number of carbonyl (C=O) groups excluding carboxylic acids is 2. The summed E-state index contributed by atoms with van der Waals surface area (Å²) < 4.78 is 24.1. The molecule has 0 radical (unpaired) electrons. The molecule has 1 aliphatic carbocycles. The summed E-state index contributed by atoms with van der Waals surface area (Å²) in [5.41, 5.74) is 1.23. The number of amides is 1. The number of benzene rings is 1. The van der Waals surface area contributed by atoms with E-state index in [1.807, 2.05) is 0 Å². The number of hydrogen-bond acceptors (Lipinski definition) is 9. The first kappa shape index (κ1) is 30.0. The van der Waals surface area contributed by atoms with Crippen molar-refractivity contribution in [2.45, 2.75) is 78.3 Å². The van der Waals surface area contributed by atoms with E-state index in [1.165, 1.54) is 31.7 Å². The van der Waals surface area contributed by atoms with Crippen LogP contribution in [0.3, 0.4) is 0 Å². The van der Waals surface area contributed by atoms with Crippen LogP contribution in [0, 0.1) is 24.6 Å². The van der Waals surface area contributed by atoms with E-state index >= 15 is 0 Å². The first-order valence-corrected chi connectivity index (χ1v) is 14.3. The van der Waals surface area contributed by atoms with E-state index in [-0.39, 0.29) is 29.9 Å². The number of tetrazole rings is 1. The minimum absolute atomic E-state index is 0.0321. The van der Waals surface area contributed by atoms with Crippen molar-refractivity contribution < 1.29 is 23.5 Å². The van der Waals surface area contributed by atoms with Gasteiger partial charge in [-0.3, -0.25) is 9.59 Å². The molecule has 4 rings (SSSR count). The van der Waals surface area contributed by atoms with Crippen LogP contribution in [0.4, 0.5) is 4.39 Å². The number of halogens is 1. The molecule has 2 heterocycles. The van der Waals surface area contributed by atoms with Crippen LogP contribution in [0.15, 0.2) is 24.3 Å². The van der Waals surface area contributed by atoms with Gasteiger partial charge in [-0.25, -0.2) is 14.4 Å². The molecule has 1 amide bonds. The lowest BCUT2D eigenvalue weighted by Crippen LogP contribution is -2.26. The number of hydrogen-bond donors (Lipinski definition) is 1. The predicted octanol–water partition coefficient (Wildman–Crippen LogP) is 4.45. The van der Waals surface area contributed by atoms with Crippen LogP contribution in [-0.4, -0.2) is 55.8 Å². The van der Waals surface area contributed by atoms with E-state index < -0.39 is 11.7 Å². The number of nitrogens with one attached hydrogen (secondary N) is 1. The number of carbonyl (C=O) groups is 2. The maximum absolute atomic E-state index is 13.7. The first-order chi connectivity index (χ1) is 19.9. The molecule has 1 saturated carbocycles. The average Bonchev–Trinajstić information content (AvgIpc) is 3.45. The summed E-state index contributed by atoms with van der Waals surface area (Å²) in [5.74, 6) is 0.145. The van der Waals surface area contributed by atoms with Crippen LogP contribution in [-0.2, 0) is 22.6 Å². The molecule has 1 N–H and O–H groups in total. The maximum atomic E-state index is 13.7. The second kappa shape index (κ2) is 14.6. The molecule has 0 aliphatic heterocycles. The fourth-order valence-corrected chi connectivity index (χ4v) is 4.94. The molecule has 1 aliphatic rings. The highest BCUT2D eigenvalue weighted by Gasteiger charge is 2.28. The van der Waals surface area contributed by atoms with Gasteiger partial charge >= 0.3 is 5.97 Å². The van der Waals surface area contributed by atoms with Crippen LogP contribution < -0.4 is 10.1 Å². The zero-order chi connectivity index (χ0) is 29.2. The molecule has 41 heavy (non-hydrogen) atoms. The van der Waals surface area contributed by atoms with Gasteiger partial charge in [0.1, 0.15) is 17.2 Å². The summed E-state index contributed by atoms with van der Waals surface area (Å²) in [6, 6.07) is 5.92. The topological polar surface area (TPSA) is 134 Å². The molecule has 0 saturated heterocycles. The highest BCUT2D eigenvalue weighted by molar-refractivity contribution is 5.93. The molecule has 11 nitrogen and oxygen atoms in total. The Balaban J connectivity index is 1.29. The van der Waals surface area contributed by atoms with Crippen molar-refractivity contribution in [3.63, 3.8) is 0 Å². The Morgan fingerprint density at radius 1 is 1.10 bits per heavy atom. The second-order valence-corrected chi connectivity index (χ2v) is 10.5. The number of aryl methyl sites for hydroxylation is 1. The van der Waals surface area contributed by atoms with Gasteiger partial charge in [0.2, 0.25) is 5.82 Å². The van der Waals surface area contributed by atoms with E-state index in [1.54, 1.807) is 17.8 Å². The van der Waals surface area contributed by atoms with Crippen LogP contribution in [0.25, 0.3) is 11.5 Å². The zero-order valence-corrected chi connectivity index (χ0v) is 23.9. The lowest BCUT2D eigenvalue weighted by molar-refractivity contribution is -0.150. The molecule has 1 aromatic carbocycles. The molecule has 0 atom stereocenters. The molecule has 12 heteroatoms. The second-order valence-electron chi connectivity index (χ2n) is 10.5. The molecule has 220 valence electrons. The molecule has 1 fully saturated rings. The number of esters is 1. The van der Waals surface area contributed by atoms with Crippen molar-refractivity contribution in [2.24, 2.45) is 11.8 Å². The largest absolute Gasteiger partial charge is 0.494 e. The van der Waals surface area contributed by atoms with Crippen molar-refractivity contribution in [3.8, 4) is 17.3 Å². The molecular weight excluding hydrogens is 529 g/mol. The van der Waals surface area contributed by atoms with E-state index in [4.69, 9.17) is 9.47 Å². The van der Waals surface area contributed by atoms with Gasteiger partial charge in [0.05, 0.1) is 26.2 Å². The maximum Gasteiger partial charge on any atom is 0.308 e. The fraction of sp³-hybridized carbons (Fsp3) is 0.552. The monoisotopic (exact) mass is 567 g/mol. The van der Waals surface area contributed by atoms with Crippen LogP contribution in [0.2, 0.25) is 0 Å². The number of rotatable bonds is 13. The Morgan fingerprint density at radius 3 is 2.66 bits per heavy atom. The normalized spacial score (nSPS) is 16.8. The van der Waals surface area contributed by atoms with Crippen LogP contribution in [0.1, 0.15) is 80.2 Å². The van der Waals surface area contributed by atoms with Crippen LogP contribution >= 0.6 is 0 Å². The predicted molar refractivity (Wildman–Crippen MR) is 148 cm³/mol. The van der Waals surface area contributed by atoms with Crippen molar-refractivity contribution in [1.82, 2.24) is 35.5 Å². The quantitative estimate of drug-likeness (QED) is 0.235.